The standard InChI is InChI=1S/C15H25ClN2OS/c1-15(19)6-4-9-18(10-7-15)8-3-2-5-14-17-13(11-16)12-20-14/h12,19H,2-11H2,1H3. The number of nitrogens with zero attached hydrogens (tertiary/aromatic N) is 2. The molecule has 114 valence electrons. The van der Waals surface area contributed by atoms with E-state index >= 15 is 0 Å². The van der Waals surface area contributed by atoms with Gasteiger partial charge < -0.3 is 10.0 Å². The van der Waals surface area contributed by atoms with E-state index in [0.717, 1.165) is 51.0 Å². The first-order chi connectivity index (χ1) is 9.59. The lowest BCUT2D eigenvalue weighted by atomic mass is 9.98. The van der Waals surface area contributed by atoms with Gasteiger partial charge in [-0.05, 0) is 58.5 Å². The molecule has 2 rings (SSSR count). The van der Waals surface area contributed by atoms with Crippen LogP contribution in [-0.2, 0) is 12.3 Å². The summed E-state index contributed by atoms with van der Waals surface area (Å²) in [5, 5.41) is 13.3. The van der Waals surface area contributed by atoms with Crippen molar-refractivity contribution in [3.05, 3.63) is 16.1 Å². The second-order valence-electron chi connectivity index (χ2n) is 6.02. The third kappa shape index (κ3) is 5.32. The van der Waals surface area contributed by atoms with Gasteiger partial charge in [0, 0.05) is 11.9 Å². The van der Waals surface area contributed by atoms with Gasteiger partial charge in [0.1, 0.15) is 0 Å². The van der Waals surface area contributed by atoms with Crippen LogP contribution in [0.1, 0.15) is 49.7 Å². The van der Waals surface area contributed by atoms with Crippen LogP contribution in [0.25, 0.3) is 0 Å². The van der Waals surface area contributed by atoms with Crippen molar-refractivity contribution in [2.75, 3.05) is 19.6 Å². The van der Waals surface area contributed by atoms with Gasteiger partial charge in [0.05, 0.1) is 22.2 Å². The van der Waals surface area contributed by atoms with Crippen molar-refractivity contribution in [2.24, 2.45) is 0 Å². The number of aryl methyl sites for hydroxylation is 1. The Morgan fingerprint density at radius 3 is 3.00 bits per heavy atom. The van der Waals surface area contributed by atoms with Crippen LogP contribution in [0.2, 0.25) is 0 Å². The molecule has 1 aliphatic heterocycles. The number of rotatable bonds is 6. The number of alkyl halides is 1. The molecule has 0 bridgehead atoms. The molecule has 0 aromatic carbocycles. The van der Waals surface area contributed by atoms with Gasteiger partial charge in [0.25, 0.3) is 0 Å². The molecule has 1 N–H and O–H groups in total. The molecule has 0 amide bonds. The highest BCUT2D eigenvalue weighted by Crippen LogP contribution is 2.21. The van der Waals surface area contributed by atoms with Crippen molar-refractivity contribution < 1.29 is 5.11 Å². The zero-order chi connectivity index (χ0) is 14.4. The zero-order valence-electron chi connectivity index (χ0n) is 12.3. The molecule has 1 aromatic heterocycles. The van der Waals surface area contributed by atoms with Crippen LogP contribution in [0, 0.1) is 0 Å². The van der Waals surface area contributed by atoms with Crippen molar-refractivity contribution in [1.29, 1.82) is 0 Å². The van der Waals surface area contributed by atoms with Gasteiger partial charge in [-0.2, -0.15) is 0 Å². The SMILES string of the molecule is CC1(O)CCCN(CCCCc2nc(CCl)cs2)CC1. The maximum Gasteiger partial charge on any atom is 0.0928 e. The minimum Gasteiger partial charge on any atom is -0.390 e. The molecule has 0 spiro atoms. The summed E-state index contributed by atoms with van der Waals surface area (Å²) in [6, 6.07) is 0. The lowest BCUT2D eigenvalue weighted by Crippen LogP contribution is -2.29. The Bertz CT molecular complexity index is 408. The lowest BCUT2D eigenvalue weighted by Gasteiger charge is -2.22. The largest absolute Gasteiger partial charge is 0.390 e. The summed E-state index contributed by atoms with van der Waals surface area (Å²) in [6.45, 7) is 5.27. The second-order valence-corrected chi connectivity index (χ2v) is 7.23. The second kappa shape index (κ2) is 7.74. The predicted octanol–water partition coefficient (Wildman–Crippen LogP) is 3.44. The number of hydrogen-bond acceptors (Lipinski definition) is 4. The molecule has 1 fully saturated rings. The number of aliphatic hydroxyl groups is 1. The summed E-state index contributed by atoms with van der Waals surface area (Å²) in [6.07, 6.45) is 6.40. The fourth-order valence-electron chi connectivity index (χ4n) is 2.68. The molecule has 1 unspecified atom stereocenters. The summed E-state index contributed by atoms with van der Waals surface area (Å²) in [7, 11) is 0. The highest BCUT2D eigenvalue weighted by atomic mass is 35.5. The highest BCUT2D eigenvalue weighted by Gasteiger charge is 2.24. The average molecular weight is 317 g/mol. The smallest absolute Gasteiger partial charge is 0.0928 e. The average Bonchev–Trinajstić information content (AvgIpc) is 2.80. The normalized spacial score (nSPS) is 24.8. The lowest BCUT2D eigenvalue weighted by molar-refractivity contribution is 0.0446. The van der Waals surface area contributed by atoms with Crippen molar-refractivity contribution in [3.63, 3.8) is 0 Å². The van der Waals surface area contributed by atoms with Crippen molar-refractivity contribution in [3.8, 4) is 0 Å². The fourth-order valence-corrected chi connectivity index (χ4v) is 3.75. The number of hydrogen-bond donors (Lipinski definition) is 1. The number of aromatic nitrogens is 1. The summed E-state index contributed by atoms with van der Waals surface area (Å²) in [5.41, 5.74) is 0.551. The van der Waals surface area contributed by atoms with Crippen molar-refractivity contribution in [2.45, 2.75) is 56.9 Å². The Hall–Kier alpha value is -0.160. The molecule has 0 saturated carbocycles. The summed E-state index contributed by atoms with van der Waals surface area (Å²) < 4.78 is 0. The molecule has 20 heavy (non-hydrogen) atoms. The van der Waals surface area contributed by atoms with E-state index in [-0.39, 0.29) is 0 Å². The third-order valence-electron chi connectivity index (χ3n) is 4.01. The van der Waals surface area contributed by atoms with Crippen LogP contribution in [0.5, 0.6) is 0 Å². The number of likely N-dealkylation sites (tertiary alicyclic amines) is 1. The van der Waals surface area contributed by atoms with E-state index in [1.807, 2.05) is 6.92 Å². The van der Waals surface area contributed by atoms with Crippen LogP contribution >= 0.6 is 22.9 Å². The van der Waals surface area contributed by atoms with E-state index < -0.39 is 5.60 Å². The van der Waals surface area contributed by atoms with E-state index in [2.05, 4.69) is 15.3 Å². The van der Waals surface area contributed by atoms with Gasteiger partial charge in [-0.15, -0.1) is 22.9 Å². The zero-order valence-corrected chi connectivity index (χ0v) is 13.8. The number of halogens is 1. The van der Waals surface area contributed by atoms with Gasteiger partial charge in [-0.3, -0.25) is 0 Å². The Labute approximate surface area is 131 Å². The van der Waals surface area contributed by atoms with Gasteiger partial charge in [-0.25, -0.2) is 4.98 Å². The quantitative estimate of drug-likeness (QED) is 0.645. The van der Waals surface area contributed by atoms with Crippen molar-refractivity contribution in [1.82, 2.24) is 9.88 Å². The Morgan fingerprint density at radius 1 is 1.40 bits per heavy atom. The third-order valence-corrected chi connectivity index (χ3v) is 5.24. The Balaban J connectivity index is 1.63. The molecule has 3 nitrogen and oxygen atoms in total. The van der Waals surface area contributed by atoms with Crippen LogP contribution in [0.3, 0.4) is 0 Å². The first-order valence-corrected chi connectivity index (χ1v) is 8.94. The topological polar surface area (TPSA) is 36.4 Å². The first-order valence-electron chi connectivity index (χ1n) is 7.53. The molecule has 1 aromatic rings. The van der Waals surface area contributed by atoms with E-state index in [1.54, 1.807) is 11.3 Å². The minimum absolute atomic E-state index is 0.451. The molecular weight excluding hydrogens is 292 g/mol. The maximum absolute atomic E-state index is 10.1. The van der Waals surface area contributed by atoms with Crippen LogP contribution in [0.4, 0.5) is 0 Å². The van der Waals surface area contributed by atoms with Gasteiger partial charge in [-0.1, -0.05) is 0 Å². The highest BCUT2D eigenvalue weighted by molar-refractivity contribution is 7.09. The van der Waals surface area contributed by atoms with Gasteiger partial charge >= 0.3 is 0 Å². The van der Waals surface area contributed by atoms with Crippen LogP contribution in [-0.4, -0.2) is 40.2 Å². The fraction of sp³-hybridized carbons (Fsp3) is 0.800. The molecule has 1 aliphatic rings. The Kier molecular flexibility index (Phi) is 6.27. The number of unbranched alkanes of at least 4 members (excludes halogenated alkanes) is 1. The van der Waals surface area contributed by atoms with Crippen molar-refractivity contribution >= 4 is 22.9 Å². The molecule has 1 atom stereocenters. The molecule has 0 aliphatic carbocycles. The van der Waals surface area contributed by atoms with E-state index in [0.29, 0.717) is 5.88 Å². The molecule has 2 heterocycles. The van der Waals surface area contributed by atoms with Gasteiger partial charge in [0.15, 0.2) is 0 Å². The monoisotopic (exact) mass is 316 g/mol. The van der Waals surface area contributed by atoms with Crippen LogP contribution in [0.15, 0.2) is 5.38 Å². The summed E-state index contributed by atoms with van der Waals surface area (Å²) in [4.78, 5) is 6.98. The molecule has 5 heteroatoms. The number of thiazole rings is 1. The molecule has 1 saturated heterocycles. The maximum atomic E-state index is 10.1. The Morgan fingerprint density at radius 2 is 2.25 bits per heavy atom. The van der Waals surface area contributed by atoms with Gasteiger partial charge in [0.2, 0.25) is 0 Å². The van der Waals surface area contributed by atoms with E-state index in [9.17, 15) is 5.11 Å². The molecule has 0 radical (unpaired) electrons. The summed E-state index contributed by atoms with van der Waals surface area (Å²) >= 11 is 7.48. The predicted molar refractivity (Wildman–Crippen MR) is 85.5 cm³/mol. The van der Waals surface area contributed by atoms with Crippen LogP contribution < -0.4 is 0 Å². The molecular formula is C15H25ClN2OS. The van der Waals surface area contributed by atoms with E-state index in [4.69, 9.17) is 11.6 Å². The summed E-state index contributed by atoms with van der Waals surface area (Å²) in [5.74, 6) is 0.518. The first kappa shape index (κ1) is 16.2. The minimum atomic E-state index is -0.451. The van der Waals surface area contributed by atoms with E-state index in [1.165, 1.54) is 17.8 Å².